The van der Waals surface area contributed by atoms with E-state index in [1.54, 1.807) is 0 Å². The number of hydrogen-bond acceptors (Lipinski definition) is 42. The van der Waals surface area contributed by atoms with Crippen molar-refractivity contribution in [2.75, 3.05) is 46.2 Å². The van der Waals surface area contributed by atoms with Gasteiger partial charge in [-0.25, -0.2) is 4.79 Å². The minimum Gasteiger partial charge on any atom is -0.477 e. The Morgan fingerprint density at radius 3 is 1.39 bits per heavy atom. The number of carbonyl (C=O) groups is 5. The van der Waals surface area contributed by atoms with Gasteiger partial charge in [-0.1, -0.05) is 0 Å². The van der Waals surface area contributed by atoms with Crippen LogP contribution in [-0.2, 0) is 95.0 Å². The topological polar surface area (TPSA) is 737 Å². The van der Waals surface area contributed by atoms with Crippen LogP contribution in [0.2, 0.25) is 0 Å². The molecular weight excluding hydrogens is 1450 g/mol. The average Bonchev–Trinajstić information content (AvgIpc) is 0.693. The summed E-state index contributed by atoms with van der Waals surface area (Å²) in [4.78, 5) is 64.5. The van der Waals surface area contributed by atoms with E-state index >= 15 is 0 Å². The Kier molecular flexibility index (Phi) is 30.9. The molecule has 8 aliphatic rings. The van der Waals surface area contributed by atoms with Crippen LogP contribution < -0.4 is 21.3 Å². The first kappa shape index (κ1) is 87.4. The fraction of sp³-hybridized carbons (Fsp3) is 0.915. The zero-order valence-corrected chi connectivity index (χ0v) is 57.2. The minimum absolute atomic E-state index is 0.898. The second-order valence-corrected chi connectivity index (χ2v) is 26.8. The number of nitrogens with one attached hydrogen (secondary N) is 4. The van der Waals surface area contributed by atoms with Crippen molar-refractivity contribution in [2.24, 2.45) is 0 Å². The molecule has 612 valence electrons. The highest BCUT2D eigenvalue weighted by Gasteiger charge is 2.63. The number of carbonyl (C=O) groups excluding carboxylic acids is 4. The summed E-state index contributed by atoms with van der Waals surface area (Å²) in [5.41, 5.74) is 0. The van der Waals surface area contributed by atoms with E-state index in [-0.39, 0.29) is 0 Å². The molecule has 41 atom stereocenters. The summed E-state index contributed by atoms with van der Waals surface area (Å²) in [7, 11) is 0. The molecule has 0 aromatic carbocycles. The van der Waals surface area contributed by atoms with Crippen molar-refractivity contribution in [3.8, 4) is 0 Å². The third kappa shape index (κ3) is 19.1. The number of ether oxygens (including phenoxy) is 15. The van der Waals surface area contributed by atoms with Crippen molar-refractivity contribution >= 4 is 29.6 Å². The van der Waals surface area contributed by atoms with Crippen LogP contribution in [0.5, 0.6) is 0 Å². The fourth-order valence-corrected chi connectivity index (χ4v) is 13.6. The van der Waals surface area contributed by atoms with Gasteiger partial charge >= 0.3 is 5.97 Å². The molecule has 47 nitrogen and oxygen atoms in total. The van der Waals surface area contributed by atoms with Gasteiger partial charge in [0.2, 0.25) is 23.6 Å². The normalized spacial score (nSPS) is 47.2. The molecule has 0 spiro atoms. The zero-order chi connectivity index (χ0) is 78.6. The van der Waals surface area contributed by atoms with Gasteiger partial charge in [-0.15, -0.1) is 0 Å². The average molecular weight is 1550 g/mol. The van der Waals surface area contributed by atoms with E-state index in [0.29, 0.717) is 0 Å². The van der Waals surface area contributed by atoms with Gasteiger partial charge in [-0.3, -0.25) is 19.2 Å². The first-order chi connectivity index (χ1) is 49.9. The number of aliphatic hydroxyl groups excluding tert-OH is 22. The maximum atomic E-state index is 13.7. The quantitative estimate of drug-likeness (QED) is 0.0346. The van der Waals surface area contributed by atoms with Crippen LogP contribution >= 0.6 is 0 Å². The van der Waals surface area contributed by atoms with Crippen molar-refractivity contribution in [3.63, 3.8) is 0 Å². The number of amides is 4. The first-order valence-corrected chi connectivity index (χ1v) is 33.6. The van der Waals surface area contributed by atoms with E-state index in [4.69, 9.17) is 71.1 Å². The van der Waals surface area contributed by atoms with Crippen molar-refractivity contribution in [3.05, 3.63) is 0 Å². The molecule has 8 aliphatic heterocycles. The van der Waals surface area contributed by atoms with E-state index in [9.17, 15) is 141 Å². The maximum Gasteiger partial charge on any atom is 0.364 e. The van der Waals surface area contributed by atoms with Gasteiger partial charge in [0, 0.05) is 34.1 Å². The maximum absolute atomic E-state index is 13.7. The lowest BCUT2D eigenvalue weighted by molar-refractivity contribution is -0.402. The van der Waals surface area contributed by atoms with E-state index in [1.807, 2.05) is 0 Å². The Bertz CT molecular complexity index is 2850. The Labute approximate surface area is 600 Å². The largest absolute Gasteiger partial charge is 0.477 e. The Balaban J connectivity index is 1.10. The Morgan fingerprint density at radius 1 is 0.406 bits per heavy atom. The van der Waals surface area contributed by atoms with Crippen LogP contribution in [0.4, 0.5) is 0 Å². The third-order valence-electron chi connectivity index (χ3n) is 19.2. The van der Waals surface area contributed by atoms with Gasteiger partial charge in [-0.05, 0) is 6.92 Å². The molecule has 4 amide bonds. The molecular formula is C59H98N4O43. The summed E-state index contributed by atoms with van der Waals surface area (Å²) >= 11 is 0. The summed E-state index contributed by atoms with van der Waals surface area (Å²) in [6.07, 6.45) is -76.8. The van der Waals surface area contributed by atoms with E-state index < -0.39 is 333 Å². The first-order valence-electron chi connectivity index (χ1n) is 33.6. The molecule has 0 saturated carbocycles. The molecule has 27 N–H and O–H groups in total. The monoisotopic (exact) mass is 1550 g/mol. The van der Waals surface area contributed by atoms with Gasteiger partial charge in [0.15, 0.2) is 44.0 Å². The predicted octanol–water partition coefficient (Wildman–Crippen LogP) is -17.6. The summed E-state index contributed by atoms with van der Waals surface area (Å²) < 4.78 is 89.0. The van der Waals surface area contributed by atoms with Crippen LogP contribution in [0, 0.1) is 0 Å². The molecule has 8 rings (SSSR count). The summed E-state index contributed by atoms with van der Waals surface area (Å²) in [6, 6.07) is -7.47. The van der Waals surface area contributed by atoms with Gasteiger partial charge in [0.25, 0.3) is 5.79 Å². The second kappa shape index (κ2) is 37.5. The van der Waals surface area contributed by atoms with Crippen molar-refractivity contribution in [2.45, 2.75) is 292 Å². The highest BCUT2D eigenvalue weighted by atomic mass is 16.8. The van der Waals surface area contributed by atoms with Crippen LogP contribution in [0.15, 0.2) is 0 Å². The molecule has 0 bridgehead atoms. The van der Waals surface area contributed by atoms with Crippen molar-refractivity contribution in [1.82, 2.24) is 21.3 Å². The van der Waals surface area contributed by atoms with Crippen LogP contribution in [0.25, 0.3) is 0 Å². The Morgan fingerprint density at radius 2 is 0.830 bits per heavy atom. The molecule has 8 heterocycles. The molecule has 0 radical (unpaired) electrons. The van der Waals surface area contributed by atoms with Crippen molar-refractivity contribution < 1.29 is 212 Å². The van der Waals surface area contributed by atoms with Crippen LogP contribution in [0.1, 0.15) is 41.0 Å². The van der Waals surface area contributed by atoms with Gasteiger partial charge in [-0.2, -0.15) is 0 Å². The smallest absolute Gasteiger partial charge is 0.364 e. The molecule has 47 heteroatoms. The highest BCUT2D eigenvalue weighted by Crippen LogP contribution is 2.42. The molecule has 8 saturated heterocycles. The van der Waals surface area contributed by atoms with E-state index in [1.165, 1.54) is 6.92 Å². The minimum atomic E-state index is -3.42. The lowest BCUT2D eigenvalue weighted by Gasteiger charge is -2.52. The number of hydrogen-bond donors (Lipinski definition) is 27. The summed E-state index contributed by atoms with van der Waals surface area (Å²) in [5, 5.41) is 263. The number of carboxylic acid groups (broad SMARTS) is 1. The molecule has 0 unspecified atom stereocenters. The molecule has 8 fully saturated rings. The van der Waals surface area contributed by atoms with Gasteiger partial charge < -0.3 is 210 Å². The van der Waals surface area contributed by atoms with E-state index in [2.05, 4.69) is 21.3 Å². The molecule has 0 aromatic heterocycles. The van der Waals surface area contributed by atoms with Crippen LogP contribution in [0.3, 0.4) is 0 Å². The lowest BCUT2D eigenvalue weighted by atomic mass is 9.88. The number of aliphatic carboxylic acids is 1. The molecule has 0 aromatic rings. The van der Waals surface area contributed by atoms with Crippen LogP contribution in [-0.4, -0.2) is 444 Å². The zero-order valence-electron chi connectivity index (χ0n) is 57.2. The third-order valence-corrected chi connectivity index (χ3v) is 19.2. The van der Waals surface area contributed by atoms with E-state index in [0.717, 1.165) is 27.7 Å². The highest BCUT2D eigenvalue weighted by molar-refractivity contribution is 5.77. The van der Waals surface area contributed by atoms with Crippen molar-refractivity contribution in [1.29, 1.82) is 0 Å². The standard InChI is InChI=1S/C59H98N4O43/c1-14-31(76)39(84)41(86)54(93-14)104-50-48(103-55-42(87)40(85)34(79)22(9-66)96-55)35(80)23(10-67)97-57(50)102-46-30(63-18(5)73)51(89)94-26(36(46)81)13-92-52-29(62-17(4)72)38(83)44(24(11-68)98-52)100-56-43(88)49(45(25(12-69)99-56)101-53-28(61-16(3)71)37(82)33(78)21(8-65)95-53)106-59(58(90)91)6-19(74)27(60-15(2)70)47(105-59)32(77)20(75)7-64/h14,19-57,64-69,74-89H,6-13H2,1-5H3,(H,60,70)(H,61,71)(H,62,72)(H,63,73)(H,90,91)/t14-,19-,20+,21+,22+,23+,24+,25+,26+,27+,28+,29+,30+,31+,32+,33-,34-,35-,36-,37+,38+,39+,40-,41-,42+,43+,44+,45-,46+,47+,48-,49+,50+,51-,52+,53-,54-,55+,56-,57-,59-/m0/s1. The van der Waals surface area contributed by atoms with Gasteiger partial charge in [0.05, 0.1) is 64.5 Å². The molecule has 0 aliphatic carbocycles. The van der Waals surface area contributed by atoms with Gasteiger partial charge in [0.1, 0.15) is 183 Å². The predicted molar refractivity (Wildman–Crippen MR) is 327 cm³/mol. The Hall–Kier alpha value is -4.13. The summed E-state index contributed by atoms with van der Waals surface area (Å²) in [6.45, 7) is -2.94. The number of rotatable bonds is 28. The summed E-state index contributed by atoms with van der Waals surface area (Å²) in [5.74, 6) is -9.31. The SMILES string of the molecule is CC(=O)N[C@@H]1[C@@H](O[C@@H]2O[C@H](CO)[C@H](O)[C@H](O[C@H]3O[C@H](CO)[C@H](O)[C@H](O)[C@H]3O)[C@H]2O[C@@H]2O[C@@H](C)[C@@H](O)[C@@H](O)[C@@H]2O)[C@@H](O)[C@@H](CO[C@@H]2O[C@H](CO)[C@@H](O[C@@H]3O[C@H](CO)[C@H](O[C@@H]4O[C@H](CO)[C@H](O)[C@H](O)[C@H]4NC(C)=O)[C@H](O[C@]4(C(=O)O)C[C@H](O)[C@@H](NC(C)=O)[C@H]([C@H](O)[C@H](O)CO)O4)[C@H]3O)[C@H](O)[C@H]2NC(C)=O)O[C@@H]1O. The lowest BCUT2D eigenvalue weighted by Crippen LogP contribution is -2.72. The second-order valence-electron chi connectivity index (χ2n) is 26.8. The fourth-order valence-electron chi connectivity index (χ4n) is 13.6. The number of aliphatic hydroxyl groups is 22. The molecule has 106 heavy (non-hydrogen) atoms. The number of carboxylic acids is 1.